The molecule has 1 aromatic carbocycles. The Morgan fingerprint density at radius 2 is 2.00 bits per heavy atom. The fraction of sp³-hybridized carbons (Fsp3) is 0.333. The molecular formula is C15H17NO2S. The number of thioether (sulfide) groups is 1. The summed E-state index contributed by atoms with van der Waals surface area (Å²) in [6.07, 6.45) is 0. The molecule has 0 aliphatic rings. The maximum absolute atomic E-state index is 12.4. The van der Waals surface area contributed by atoms with Crippen molar-refractivity contribution in [1.82, 2.24) is 4.98 Å². The largest absolute Gasteiger partial charge is 0.349 e. The van der Waals surface area contributed by atoms with Crippen LogP contribution in [0.25, 0.3) is 10.9 Å². The maximum atomic E-state index is 12.4. The molecule has 1 aromatic heterocycles. The van der Waals surface area contributed by atoms with Crippen LogP contribution in [0.3, 0.4) is 0 Å². The Bertz CT molecular complexity index is 716. The van der Waals surface area contributed by atoms with Crippen LogP contribution < -0.4 is 5.43 Å². The molecule has 100 valence electrons. The van der Waals surface area contributed by atoms with E-state index in [1.54, 1.807) is 11.8 Å². The minimum Gasteiger partial charge on any atom is -0.349 e. The van der Waals surface area contributed by atoms with Crippen molar-refractivity contribution < 1.29 is 4.79 Å². The summed E-state index contributed by atoms with van der Waals surface area (Å²) >= 11 is 1.59. The van der Waals surface area contributed by atoms with Crippen molar-refractivity contribution >= 4 is 28.4 Å². The zero-order valence-corrected chi connectivity index (χ0v) is 12.4. The number of rotatable bonds is 3. The summed E-state index contributed by atoms with van der Waals surface area (Å²) in [4.78, 5) is 27.4. The highest BCUT2D eigenvalue weighted by Gasteiger charge is 2.14. The van der Waals surface area contributed by atoms with Crippen molar-refractivity contribution in [3.05, 3.63) is 39.0 Å². The number of nitrogens with one attached hydrogen (secondary N) is 1. The third kappa shape index (κ3) is 2.45. The van der Waals surface area contributed by atoms with Crippen LogP contribution in [0.4, 0.5) is 0 Å². The van der Waals surface area contributed by atoms with Gasteiger partial charge in [-0.1, -0.05) is 6.92 Å². The molecule has 0 saturated carbocycles. The Kier molecular flexibility index (Phi) is 3.80. The molecule has 19 heavy (non-hydrogen) atoms. The number of aryl methyl sites for hydroxylation is 1. The number of pyridine rings is 1. The number of aromatic nitrogens is 1. The van der Waals surface area contributed by atoms with E-state index in [1.165, 1.54) is 6.92 Å². The molecule has 0 aliphatic carbocycles. The number of aromatic amines is 1. The number of hydrogen-bond acceptors (Lipinski definition) is 3. The van der Waals surface area contributed by atoms with Gasteiger partial charge in [-0.05, 0) is 44.2 Å². The normalized spacial score (nSPS) is 10.9. The summed E-state index contributed by atoms with van der Waals surface area (Å²) in [5.41, 5.74) is 2.91. The van der Waals surface area contributed by atoms with Crippen LogP contribution in [0.5, 0.6) is 0 Å². The number of carbonyl (C=O) groups is 1. The fourth-order valence-corrected chi connectivity index (χ4v) is 2.95. The Morgan fingerprint density at radius 3 is 2.58 bits per heavy atom. The molecule has 3 nitrogen and oxygen atoms in total. The Hall–Kier alpha value is -1.55. The van der Waals surface area contributed by atoms with Gasteiger partial charge in [-0.2, -0.15) is 0 Å². The van der Waals surface area contributed by atoms with E-state index < -0.39 is 0 Å². The van der Waals surface area contributed by atoms with E-state index in [-0.39, 0.29) is 11.2 Å². The van der Waals surface area contributed by atoms with E-state index in [9.17, 15) is 9.59 Å². The van der Waals surface area contributed by atoms with E-state index in [4.69, 9.17) is 0 Å². The summed E-state index contributed by atoms with van der Waals surface area (Å²) < 4.78 is 0. The predicted molar refractivity (Wildman–Crippen MR) is 80.4 cm³/mol. The van der Waals surface area contributed by atoms with E-state index >= 15 is 0 Å². The lowest BCUT2D eigenvalue weighted by Crippen LogP contribution is -2.11. The fourth-order valence-electron chi connectivity index (χ4n) is 2.18. The number of hydrogen-bond donors (Lipinski definition) is 1. The molecule has 1 heterocycles. The molecule has 0 unspecified atom stereocenters. The Labute approximate surface area is 116 Å². The molecule has 0 saturated heterocycles. The van der Waals surface area contributed by atoms with Crippen molar-refractivity contribution in [2.24, 2.45) is 0 Å². The molecule has 0 aliphatic heterocycles. The summed E-state index contributed by atoms with van der Waals surface area (Å²) in [5.74, 6) is 0.851. The quantitative estimate of drug-likeness (QED) is 0.689. The van der Waals surface area contributed by atoms with Gasteiger partial charge >= 0.3 is 0 Å². The number of Topliss-reactive ketones (excluding diaryl/α,β-unsaturated/α-hetero) is 1. The van der Waals surface area contributed by atoms with Gasteiger partial charge in [0.2, 0.25) is 0 Å². The van der Waals surface area contributed by atoms with Crippen molar-refractivity contribution in [2.75, 3.05) is 5.75 Å². The molecule has 0 atom stereocenters. The van der Waals surface area contributed by atoms with Gasteiger partial charge in [-0.25, -0.2) is 0 Å². The monoisotopic (exact) mass is 275 g/mol. The topological polar surface area (TPSA) is 49.9 Å². The van der Waals surface area contributed by atoms with Crippen molar-refractivity contribution in [2.45, 2.75) is 32.7 Å². The number of ketones is 1. The highest BCUT2D eigenvalue weighted by molar-refractivity contribution is 7.99. The van der Waals surface area contributed by atoms with E-state index in [0.29, 0.717) is 16.5 Å². The third-order valence-electron chi connectivity index (χ3n) is 3.12. The number of benzene rings is 1. The molecule has 2 rings (SSSR count). The van der Waals surface area contributed by atoms with Gasteiger partial charge in [-0.15, -0.1) is 11.8 Å². The molecule has 2 aromatic rings. The minimum absolute atomic E-state index is 0.0101. The first kappa shape index (κ1) is 13.9. The number of fused-ring (bicyclic) bond motifs is 1. The summed E-state index contributed by atoms with van der Waals surface area (Å²) in [7, 11) is 0. The molecule has 4 heteroatoms. The molecule has 0 radical (unpaired) electrons. The van der Waals surface area contributed by atoms with Crippen molar-refractivity contribution in [1.29, 1.82) is 0 Å². The van der Waals surface area contributed by atoms with E-state index in [2.05, 4.69) is 4.98 Å². The Balaban J connectivity index is 2.92. The maximum Gasteiger partial charge on any atom is 0.193 e. The van der Waals surface area contributed by atoms with Gasteiger partial charge in [0.1, 0.15) is 0 Å². The van der Waals surface area contributed by atoms with Gasteiger partial charge in [0.25, 0.3) is 0 Å². The zero-order chi connectivity index (χ0) is 14.2. The lowest BCUT2D eigenvalue weighted by Gasteiger charge is -2.10. The SMILES string of the molecule is CCSc1[nH]c2c(C(C)=O)cc(C)cc2c(=O)c1C. The molecule has 0 amide bonds. The predicted octanol–water partition coefficient (Wildman–Crippen LogP) is 3.46. The van der Waals surface area contributed by atoms with Crippen LogP contribution in [0, 0.1) is 13.8 Å². The Morgan fingerprint density at radius 1 is 1.32 bits per heavy atom. The smallest absolute Gasteiger partial charge is 0.193 e. The van der Waals surface area contributed by atoms with Crippen LogP contribution >= 0.6 is 11.8 Å². The second kappa shape index (κ2) is 5.21. The van der Waals surface area contributed by atoms with Crippen LogP contribution in [-0.2, 0) is 0 Å². The second-order valence-electron chi connectivity index (χ2n) is 4.63. The van der Waals surface area contributed by atoms with E-state index in [0.717, 1.165) is 21.9 Å². The highest BCUT2D eigenvalue weighted by atomic mass is 32.2. The van der Waals surface area contributed by atoms with Crippen molar-refractivity contribution in [3.8, 4) is 0 Å². The average molecular weight is 275 g/mol. The molecule has 1 N–H and O–H groups in total. The number of carbonyl (C=O) groups excluding carboxylic acids is 1. The summed E-state index contributed by atoms with van der Waals surface area (Å²) in [5, 5.41) is 1.45. The summed E-state index contributed by atoms with van der Waals surface area (Å²) in [6.45, 7) is 7.29. The first-order valence-electron chi connectivity index (χ1n) is 6.26. The van der Waals surface area contributed by atoms with Crippen molar-refractivity contribution in [3.63, 3.8) is 0 Å². The molecule has 0 bridgehead atoms. The first-order chi connectivity index (χ1) is 8.95. The van der Waals surface area contributed by atoms with Crippen LogP contribution in [0.15, 0.2) is 22.0 Å². The standard InChI is InChI=1S/C15H17NO2S/c1-5-19-15-9(3)14(18)12-7-8(2)6-11(10(4)17)13(12)16-15/h6-7H,5H2,1-4H3,(H,16,18). The highest BCUT2D eigenvalue weighted by Crippen LogP contribution is 2.24. The first-order valence-corrected chi connectivity index (χ1v) is 7.25. The number of H-pyrrole nitrogens is 1. The van der Waals surface area contributed by atoms with Crippen LogP contribution in [-0.4, -0.2) is 16.5 Å². The third-order valence-corrected chi connectivity index (χ3v) is 4.10. The molecular weight excluding hydrogens is 258 g/mol. The van der Waals surface area contributed by atoms with Gasteiger partial charge in [-0.3, -0.25) is 9.59 Å². The lowest BCUT2D eigenvalue weighted by molar-refractivity contribution is 0.101. The van der Waals surface area contributed by atoms with E-state index in [1.807, 2.05) is 32.9 Å². The lowest BCUT2D eigenvalue weighted by atomic mass is 10.0. The van der Waals surface area contributed by atoms with Gasteiger partial charge in [0.05, 0.1) is 10.5 Å². The average Bonchev–Trinajstić information content (AvgIpc) is 2.36. The van der Waals surface area contributed by atoms with Crippen LogP contribution in [0.2, 0.25) is 0 Å². The minimum atomic E-state index is -0.0272. The van der Waals surface area contributed by atoms with Crippen LogP contribution in [0.1, 0.15) is 35.3 Å². The molecule has 0 fully saturated rings. The summed E-state index contributed by atoms with van der Waals surface area (Å²) in [6, 6.07) is 3.67. The molecule has 0 spiro atoms. The van der Waals surface area contributed by atoms with Gasteiger partial charge in [0, 0.05) is 16.5 Å². The van der Waals surface area contributed by atoms with Gasteiger partial charge in [0.15, 0.2) is 11.2 Å². The second-order valence-corrected chi connectivity index (χ2v) is 5.91. The van der Waals surface area contributed by atoms with Gasteiger partial charge < -0.3 is 4.98 Å². The zero-order valence-electron chi connectivity index (χ0n) is 11.6.